The molecule has 0 aliphatic carbocycles. The zero-order valence-electron chi connectivity index (χ0n) is 11.1. The summed E-state index contributed by atoms with van der Waals surface area (Å²) in [7, 11) is 0. The zero-order valence-corrected chi connectivity index (χ0v) is 11.1. The molecular formula is C15H11FN2O3. The van der Waals surface area contributed by atoms with Crippen molar-refractivity contribution in [2.45, 2.75) is 6.92 Å². The fourth-order valence-electron chi connectivity index (χ4n) is 2.34. The largest absolute Gasteiger partial charge is 0.478 e. The van der Waals surface area contributed by atoms with Crippen LogP contribution in [0.2, 0.25) is 0 Å². The average molecular weight is 286 g/mol. The Labute approximate surface area is 118 Å². The predicted octanol–water partition coefficient (Wildman–Crippen LogP) is 2.46. The summed E-state index contributed by atoms with van der Waals surface area (Å²) in [4.78, 5) is 25.8. The summed E-state index contributed by atoms with van der Waals surface area (Å²) in [6.45, 7) is 1.69. The molecule has 0 spiro atoms. The maximum Gasteiger partial charge on any atom is 0.335 e. The van der Waals surface area contributed by atoms with E-state index in [1.807, 2.05) is 0 Å². The van der Waals surface area contributed by atoms with Crippen LogP contribution < -0.4 is 5.69 Å². The molecule has 0 radical (unpaired) electrons. The minimum Gasteiger partial charge on any atom is -0.478 e. The minimum absolute atomic E-state index is 0.0787. The van der Waals surface area contributed by atoms with Crippen molar-refractivity contribution < 1.29 is 14.3 Å². The van der Waals surface area contributed by atoms with Crippen molar-refractivity contribution in [3.63, 3.8) is 0 Å². The molecule has 3 aromatic rings. The summed E-state index contributed by atoms with van der Waals surface area (Å²) in [6.07, 6.45) is 0. The number of hydrogen-bond donors (Lipinski definition) is 2. The van der Waals surface area contributed by atoms with Gasteiger partial charge in [0.05, 0.1) is 22.3 Å². The molecule has 2 N–H and O–H groups in total. The number of halogens is 1. The van der Waals surface area contributed by atoms with Gasteiger partial charge < -0.3 is 10.1 Å². The third-order valence-corrected chi connectivity index (χ3v) is 3.33. The van der Waals surface area contributed by atoms with E-state index in [0.29, 0.717) is 22.3 Å². The summed E-state index contributed by atoms with van der Waals surface area (Å²) in [5.41, 5.74) is 1.73. The molecule has 0 aliphatic heterocycles. The van der Waals surface area contributed by atoms with Gasteiger partial charge in [-0.05, 0) is 48.9 Å². The molecule has 1 aromatic heterocycles. The summed E-state index contributed by atoms with van der Waals surface area (Å²) < 4.78 is 14.5. The number of imidazole rings is 1. The smallest absolute Gasteiger partial charge is 0.335 e. The number of benzene rings is 2. The van der Waals surface area contributed by atoms with Crippen LogP contribution in [-0.2, 0) is 0 Å². The first kappa shape index (κ1) is 13.1. The van der Waals surface area contributed by atoms with Gasteiger partial charge in [-0.3, -0.25) is 4.57 Å². The quantitative estimate of drug-likeness (QED) is 0.760. The molecular weight excluding hydrogens is 275 g/mol. The van der Waals surface area contributed by atoms with Crippen molar-refractivity contribution >= 4 is 17.0 Å². The normalized spacial score (nSPS) is 11.0. The molecule has 3 rings (SSSR count). The first-order valence-corrected chi connectivity index (χ1v) is 6.22. The monoisotopic (exact) mass is 286 g/mol. The molecule has 0 fully saturated rings. The molecule has 1 heterocycles. The second kappa shape index (κ2) is 4.59. The Morgan fingerprint density at radius 1 is 1.24 bits per heavy atom. The molecule has 5 nitrogen and oxygen atoms in total. The fraction of sp³-hybridized carbons (Fsp3) is 0.0667. The lowest BCUT2D eigenvalue weighted by Crippen LogP contribution is -2.15. The number of H-pyrrole nitrogens is 1. The van der Waals surface area contributed by atoms with Crippen LogP contribution in [-0.4, -0.2) is 20.6 Å². The van der Waals surface area contributed by atoms with Gasteiger partial charge in [0.1, 0.15) is 5.82 Å². The van der Waals surface area contributed by atoms with E-state index >= 15 is 0 Å². The molecule has 6 heteroatoms. The Kier molecular flexibility index (Phi) is 2.86. The van der Waals surface area contributed by atoms with E-state index < -0.39 is 17.5 Å². The number of hydrogen-bond acceptors (Lipinski definition) is 2. The molecule has 0 saturated heterocycles. The van der Waals surface area contributed by atoms with Crippen molar-refractivity contribution in [2.24, 2.45) is 0 Å². The summed E-state index contributed by atoms with van der Waals surface area (Å²) in [6, 6.07) is 8.44. The first-order valence-electron chi connectivity index (χ1n) is 6.22. The van der Waals surface area contributed by atoms with Crippen LogP contribution in [0.25, 0.3) is 16.7 Å². The molecule has 2 aromatic carbocycles. The van der Waals surface area contributed by atoms with Crippen LogP contribution in [0.1, 0.15) is 15.9 Å². The van der Waals surface area contributed by atoms with Gasteiger partial charge in [0, 0.05) is 0 Å². The van der Waals surface area contributed by atoms with E-state index in [1.165, 1.54) is 41.0 Å². The highest BCUT2D eigenvalue weighted by atomic mass is 19.1. The Morgan fingerprint density at radius 3 is 2.67 bits per heavy atom. The fourth-order valence-corrected chi connectivity index (χ4v) is 2.34. The van der Waals surface area contributed by atoms with E-state index in [2.05, 4.69) is 4.98 Å². The van der Waals surface area contributed by atoms with Gasteiger partial charge in [-0.25, -0.2) is 14.0 Å². The Morgan fingerprint density at radius 2 is 2.00 bits per heavy atom. The van der Waals surface area contributed by atoms with Gasteiger partial charge in [0.25, 0.3) is 0 Å². The number of nitrogens with zero attached hydrogens (tertiary/aromatic N) is 1. The van der Waals surface area contributed by atoms with Gasteiger partial charge in [-0.15, -0.1) is 0 Å². The lowest BCUT2D eigenvalue weighted by atomic mass is 10.1. The van der Waals surface area contributed by atoms with Crippen molar-refractivity contribution in [2.75, 3.05) is 0 Å². The van der Waals surface area contributed by atoms with E-state index in [9.17, 15) is 14.0 Å². The number of nitrogens with one attached hydrogen (secondary N) is 1. The summed E-state index contributed by atoms with van der Waals surface area (Å²) in [5, 5.41) is 9.06. The Bertz CT molecular complexity index is 924. The molecule has 0 unspecified atom stereocenters. The molecule has 21 heavy (non-hydrogen) atoms. The van der Waals surface area contributed by atoms with Gasteiger partial charge in [0.15, 0.2) is 0 Å². The van der Waals surface area contributed by atoms with Gasteiger partial charge in [-0.1, -0.05) is 0 Å². The number of carboxylic acid groups (broad SMARTS) is 1. The van der Waals surface area contributed by atoms with E-state index in [-0.39, 0.29) is 5.56 Å². The van der Waals surface area contributed by atoms with Crippen LogP contribution in [0.15, 0.2) is 41.2 Å². The average Bonchev–Trinajstić information content (AvgIpc) is 2.74. The molecule has 0 saturated carbocycles. The van der Waals surface area contributed by atoms with Crippen LogP contribution in [0.3, 0.4) is 0 Å². The number of aromatic amines is 1. The maximum absolute atomic E-state index is 13.2. The third-order valence-electron chi connectivity index (χ3n) is 3.33. The lowest BCUT2D eigenvalue weighted by molar-refractivity contribution is 0.0697. The number of aromatic nitrogens is 2. The highest BCUT2D eigenvalue weighted by molar-refractivity contribution is 5.92. The minimum atomic E-state index is -1.08. The molecule has 0 amide bonds. The second-order valence-electron chi connectivity index (χ2n) is 4.73. The maximum atomic E-state index is 13.2. The van der Waals surface area contributed by atoms with Crippen LogP contribution in [0, 0.1) is 12.7 Å². The SMILES string of the molecule is Cc1cc(F)ccc1-n1c(=O)[nH]c2ccc(C(=O)O)cc21. The highest BCUT2D eigenvalue weighted by Crippen LogP contribution is 2.20. The van der Waals surface area contributed by atoms with Crippen molar-refractivity contribution in [3.05, 3.63) is 63.8 Å². The number of carbonyl (C=O) groups is 1. The first-order chi connectivity index (χ1) is 9.97. The number of aryl methyl sites for hydroxylation is 1. The lowest BCUT2D eigenvalue weighted by Gasteiger charge is -2.07. The van der Waals surface area contributed by atoms with Crippen molar-refractivity contribution in [3.8, 4) is 5.69 Å². The summed E-state index contributed by atoms with van der Waals surface area (Å²) in [5.74, 6) is -1.47. The molecule has 0 bridgehead atoms. The van der Waals surface area contributed by atoms with Crippen molar-refractivity contribution in [1.29, 1.82) is 0 Å². The van der Waals surface area contributed by atoms with E-state index in [4.69, 9.17) is 5.11 Å². The zero-order chi connectivity index (χ0) is 15.1. The van der Waals surface area contributed by atoms with Gasteiger partial charge in [-0.2, -0.15) is 0 Å². The van der Waals surface area contributed by atoms with Crippen molar-refractivity contribution in [1.82, 2.24) is 9.55 Å². The molecule has 0 aliphatic rings. The van der Waals surface area contributed by atoms with Crippen LogP contribution in [0.5, 0.6) is 0 Å². The predicted molar refractivity (Wildman–Crippen MR) is 75.6 cm³/mol. The van der Waals surface area contributed by atoms with Crippen LogP contribution >= 0.6 is 0 Å². The standard InChI is InChI=1S/C15H11FN2O3/c1-8-6-10(16)3-5-12(8)18-13-7-9(14(19)20)2-4-11(13)17-15(18)21/h2-7H,1H3,(H,17,21)(H,19,20). The number of fused-ring (bicyclic) bond motifs is 1. The molecule has 106 valence electrons. The van der Waals surface area contributed by atoms with Gasteiger partial charge in [0.2, 0.25) is 0 Å². The Balaban J connectivity index is 2.35. The topological polar surface area (TPSA) is 75.1 Å². The van der Waals surface area contributed by atoms with Gasteiger partial charge >= 0.3 is 11.7 Å². The number of aromatic carboxylic acids is 1. The van der Waals surface area contributed by atoms with Crippen LogP contribution in [0.4, 0.5) is 4.39 Å². The summed E-state index contributed by atoms with van der Waals surface area (Å²) >= 11 is 0. The Hall–Kier alpha value is -2.89. The second-order valence-corrected chi connectivity index (χ2v) is 4.73. The number of rotatable bonds is 2. The third kappa shape index (κ3) is 2.10. The van der Waals surface area contributed by atoms with E-state index in [0.717, 1.165) is 0 Å². The van der Waals surface area contributed by atoms with E-state index in [1.54, 1.807) is 6.92 Å². The number of carboxylic acids is 1. The highest BCUT2D eigenvalue weighted by Gasteiger charge is 2.13. The molecule has 0 atom stereocenters.